The summed E-state index contributed by atoms with van der Waals surface area (Å²) in [6.45, 7) is 20.7. The Balaban J connectivity index is 0.576. The standard InChI is InChI=1S/C87H131N9O20/c1-64(13-8-7-9-14-66(3)81(103-6)55-77-16-12-17-78(60-97)115-77)51-67(4)79(100)56-80(101)68(5)52-65(2)18-24-75(114-63-99)25-20-69-21-26-76(27-22-69)116-87(102)91-30-32-105-34-36-107-38-40-109-42-44-111-46-48-113-50-49-112-47-45-110-43-41-108-39-37-106-35-33-104-31-11-10-15-71-53-70(19-23-73(71)57-89-62-98)59-96-86-82(84(88)93-61-94-86)83(95-96)74-54-72-28-29-90-85(72)92-58-74/h7-9,13-14,19,23,28-29,52-54,58,60-65,67,69,75-78,80-81,101H,10-12,15-18,20-22,24-27,30-51,55-57,59H2,1-6H3,(H,89,98)(H,90,92)(H,91,102)(H2,88,93,94)/b9-7+,13-8+,66-14+,68-52+. The van der Waals surface area contributed by atoms with Crippen molar-refractivity contribution in [1.29, 1.82) is 0 Å². The van der Waals surface area contributed by atoms with Gasteiger partial charge in [-0.1, -0.05) is 75.4 Å². The molecule has 644 valence electrons. The lowest BCUT2D eigenvalue weighted by molar-refractivity contribution is -0.134. The number of methoxy groups -OCH3 is 1. The number of aromatic nitrogens is 6. The fourth-order valence-electron chi connectivity index (χ4n) is 14.2. The normalized spacial score (nSPS) is 17.9. The number of aliphatic hydroxyl groups excluding tert-OH is 1. The summed E-state index contributed by atoms with van der Waals surface area (Å²) >= 11 is 0. The van der Waals surface area contributed by atoms with Crippen molar-refractivity contribution in [2.45, 2.75) is 193 Å². The van der Waals surface area contributed by atoms with Crippen LogP contribution in [0.25, 0.3) is 33.3 Å². The lowest BCUT2D eigenvalue weighted by atomic mass is 9.83. The second-order valence-corrected chi connectivity index (χ2v) is 30.0. The molecule has 7 rings (SSSR count). The molecule has 4 aromatic heterocycles. The number of aldehydes is 1. The van der Waals surface area contributed by atoms with Crippen LogP contribution in [0.4, 0.5) is 10.6 Å². The predicted octanol–water partition coefficient (Wildman–Crippen LogP) is 11.3. The van der Waals surface area contributed by atoms with Crippen molar-refractivity contribution >= 4 is 58.9 Å². The number of rotatable bonds is 65. The quantitative estimate of drug-likeness (QED) is 0.0104. The van der Waals surface area contributed by atoms with Gasteiger partial charge in [-0.15, -0.1) is 0 Å². The zero-order valence-corrected chi connectivity index (χ0v) is 69.4. The Morgan fingerprint density at radius 2 is 1.35 bits per heavy atom. The van der Waals surface area contributed by atoms with Crippen molar-refractivity contribution in [3.8, 4) is 11.3 Å². The molecule has 8 unspecified atom stereocenters. The third-order valence-electron chi connectivity index (χ3n) is 20.8. The van der Waals surface area contributed by atoms with Gasteiger partial charge < -0.3 is 97.6 Å². The van der Waals surface area contributed by atoms with Gasteiger partial charge in [-0.05, 0) is 168 Å². The molecule has 2 aliphatic rings. The molecule has 0 bridgehead atoms. The smallest absolute Gasteiger partial charge is 0.407 e. The molecule has 2 fully saturated rings. The van der Waals surface area contributed by atoms with E-state index in [9.17, 15) is 29.1 Å². The van der Waals surface area contributed by atoms with E-state index in [1.54, 1.807) is 13.3 Å². The van der Waals surface area contributed by atoms with Crippen molar-refractivity contribution in [2.24, 2.45) is 23.7 Å². The van der Waals surface area contributed by atoms with Gasteiger partial charge in [0.1, 0.15) is 53.9 Å². The molecule has 1 aromatic carbocycles. The number of aromatic amines is 1. The van der Waals surface area contributed by atoms with E-state index < -0.39 is 12.2 Å². The first kappa shape index (κ1) is 95.4. The number of anilines is 1. The van der Waals surface area contributed by atoms with E-state index in [2.05, 4.69) is 62.6 Å². The van der Waals surface area contributed by atoms with Gasteiger partial charge in [-0.2, -0.15) is 5.10 Å². The largest absolute Gasteiger partial charge is 0.465 e. The van der Waals surface area contributed by atoms with Crippen molar-refractivity contribution in [3.63, 3.8) is 0 Å². The molecule has 1 aliphatic heterocycles. The van der Waals surface area contributed by atoms with Crippen LogP contribution in [0.5, 0.6) is 0 Å². The van der Waals surface area contributed by atoms with E-state index in [1.807, 2.05) is 80.2 Å². The van der Waals surface area contributed by atoms with Crippen molar-refractivity contribution < 1.29 is 95.4 Å². The molecule has 1 saturated heterocycles. The first-order valence-electron chi connectivity index (χ1n) is 41.7. The number of H-pyrrole nitrogens is 1. The summed E-state index contributed by atoms with van der Waals surface area (Å²) in [5.74, 6) is 0.900. The van der Waals surface area contributed by atoms with Crippen LogP contribution in [-0.2, 0) is 105 Å². The number of aliphatic hydroxyl groups is 1. The average molecular weight is 1620 g/mol. The van der Waals surface area contributed by atoms with Gasteiger partial charge in [0.25, 0.3) is 6.47 Å². The van der Waals surface area contributed by atoms with E-state index in [0.29, 0.717) is 212 Å². The molecule has 5 heterocycles. The number of fused-ring (bicyclic) bond motifs is 2. The third kappa shape index (κ3) is 37.5. The molecule has 116 heavy (non-hydrogen) atoms. The molecule has 5 aromatic rings. The number of ether oxygens (including phenoxy) is 14. The number of hydrogen-bond donors (Lipinski definition) is 5. The number of Topliss-reactive ketones (excluding diaryl/α,β-unsaturated/α-hetero) is 1. The number of alkyl carbamates (subject to hydrolysis) is 1. The lowest BCUT2D eigenvalue weighted by Gasteiger charge is -2.29. The Morgan fingerprint density at radius 1 is 0.707 bits per heavy atom. The van der Waals surface area contributed by atoms with Gasteiger partial charge in [0.05, 0.1) is 156 Å². The molecule has 8 atom stereocenters. The lowest BCUT2D eigenvalue weighted by Crippen LogP contribution is -2.33. The number of carbonyl (C=O) groups is 5. The SMILES string of the molecule is COC(CC1CCCC(C=O)O1)/C(C)=C/C=C/C=C/C(C)CC(C)C(=O)CC(O)/C(C)=C/C(C)CCC(CCC1CCC(OC(=O)NCCOCCOCCOCCOCCOCCOCCOCCOCCOCCOCCCCc2cc(Cn3nc(-c4cnc5[nH]ccc5c4)c4c(N)ncnc43)ccc2CNC=O)CC1)OC=O. The molecule has 2 amide bonds. The number of benzene rings is 1. The fraction of sp³-hybridized carbons (Fsp3) is 0.644. The Hall–Kier alpha value is -7.75. The van der Waals surface area contributed by atoms with Crippen molar-refractivity contribution in [1.82, 2.24) is 40.3 Å². The first-order valence-corrected chi connectivity index (χ1v) is 41.7. The average Bonchev–Trinajstić information content (AvgIpc) is 1.61. The first-order chi connectivity index (χ1) is 56.6. The molecule has 1 aliphatic carbocycles. The van der Waals surface area contributed by atoms with Crippen LogP contribution < -0.4 is 16.4 Å². The number of amides is 2. The summed E-state index contributed by atoms with van der Waals surface area (Å²) in [4.78, 5) is 76.2. The van der Waals surface area contributed by atoms with E-state index in [4.69, 9.17) is 77.1 Å². The molecule has 29 nitrogen and oxygen atoms in total. The fourth-order valence-corrected chi connectivity index (χ4v) is 14.2. The van der Waals surface area contributed by atoms with Crippen LogP contribution in [0, 0.1) is 23.7 Å². The highest BCUT2D eigenvalue weighted by Crippen LogP contribution is 2.34. The third-order valence-corrected chi connectivity index (χ3v) is 20.8. The number of nitrogens with one attached hydrogen (secondary N) is 3. The van der Waals surface area contributed by atoms with E-state index in [-0.39, 0.29) is 60.5 Å². The minimum atomic E-state index is -0.863. The summed E-state index contributed by atoms with van der Waals surface area (Å²) in [5, 5.41) is 23.2. The maximum atomic E-state index is 13.2. The number of unbranched alkanes of at least 4 members (excludes halogenated alkanes) is 1. The van der Waals surface area contributed by atoms with Crippen LogP contribution in [0.2, 0.25) is 0 Å². The summed E-state index contributed by atoms with van der Waals surface area (Å²) in [7, 11) is 1.69. The van der Waals surface area contributed by atoms with Crippen molar-refractivity contribution in [3.05, 3.63) is 113 Å². The Bertz CT molecular complexity index is 3710. The number of aryl methyl sites for hydroxylation is 1. The minimum Gasteiger partial charge on any atom is -0.465 e. The zero-order chi connectivity index (χ0) is 82.6. The molecule has 6 N–H and O–H groups in total. The van der Waals surface area contributed by atoms with E-state index in [1.165, 1.54) is 6.33 Å². The molecular weight excluding hydrogens is 1490 g/mol. The van der Waals surface area contributed by atoms with E-state index in [0.717, 1.165) is 134 Å². The van der Waals surface area contributed by atoms with Crippen LogP contribution in [0.3, 0.4) is 0 Å². The van der Waals surface area contributed by atoms with Gasteiger partial charge in [0, 0.05) is 68.9 Å². The molecule has 0 spiro atoms. The number of nitrogen functional groups attached to an aromatic ring is 1. The molecule has 29 heteroatoms. The maximum Gasteiger partial charge on any atom is 0.407 e. The number of hydrogen-bond acceptors (Lipinski definition) is 25. The van der Waals surface area contributed by atoms with Gasteiger partial charge in [0.15, 0.2) is 5.65 Å². The number of carbonyl (C=O) groups excluding carboxylic acids is 5. The van der Waals surface area contributed by atoms with Crippen LogP contribution in [0.15, 0.2) is 96.7 Å². The number of nitrogens with zero attached hydrogens (tertiary/aromatic N) is 5. The second kappa shape index (κ2) is 57.4. The Kier molecular flexibility index (Phi) is 47.2. The summed E-state index contributed by atoms with van der Waals surface area (Å²) < 4.78 is 81.0. The highest BCUT2D eigenvalue weighted by molar-refractivity contribution is 5.99. The minimum absolute atomic E-state index is 0.00791. The number of allylic oxidation sites excluding steroid dienone is 6. The summed E-state index contributed by atoms with van der Waals surface area (Å²) in [6.07, 6.45) is 29.9. The van der Waals surface area contributed by atoms with Crippen LogP contribution in [0.1, 0.15) is 154 Å². The van der Waals surface area contributed by atoms with Gasteiger partial charge in [-0.25, -0.2) is 24.4 Å². The number of nitrogens with two attached hydrogens (primary N) is 1. The zero-order valence-electron chi connectivity index (χ0n) is 69.4. The highest BCUT2D eigenvalue weighted by atomic mass is 16.6. The maximum absolute atomic E-state index is 13.2. The van der Waals surface area contributed by atoms with Crippen LogP contribution in [-0.4, -0.2) is 248 Å². The topological polar surface area (TPSA) is 357 Å². The number of pyridine rings is 1. The monoisotopic (exact) mass is 1620 g/mol. The van der Waals surface area contributed by atoms with Gasteiger partial charge in [-0.3, -0.25) is 14.4 Å². The highest BCUT2D eigenvalue weighted by Gasteiger charge is 2.28. The summed E-state index contributed by atoms with van der Waals surface area (Å²) in [6, 6.07) is 10.3. The molecule has 1 saturated carbocycles. The molecule has 0 radical (unpaired) electrons. The van der Waals surface area contributed by atoms with Gasteiger partial charge >= 0.3 is 6.09 Å². The Labute approximate surface area is 684 Å². The molecular formula is C87H131N9O20. The predicted molar refractivity (Wildman–Crippen MR) is 442 cm³/mol. The summed E-state index contributed by atoms with van der Waals surface area (Å²) in [5.41, 5.74) is 14.4. The Morgan fingerprint density at radius 3 is 1.98 bits per heavy atom. The second-order valence-electron chi connectivity index (χ2n) is 30.0. The van der Waals surface area contributed by atoms with Crippen molar-refractivity contribution in [2.75, 3.05) is 152 Å². The van der Waals surface area contributed by atoms with Crippen LogP contribution >= 0.6 is 0 Å². The van der Waals surface area contributed by atoms with Gasteiger partial charge in [0.2, 0.25) is 6.41 Å². The number of ketones is 1. The van der Waals surface area contributed by atoms with E-state index >= 15 is 0 Å².